The molecular formula is C15H15FN4O. The van der Waals surface area contributed by atoms with Crippen LogP contribution in [-0.2, 0) is 6.42 Å². The number of aryl methyl sites for hydroxylation is 1. The van der Waals surface area contributed by atoms with Crippen LogP contribution >= 0.6 is 0 Å². The highest BCUT2D eigenvalue weighted by Crippen LogP contribution is 2.34. The van der Waals surface area contributed by atoms with Crippen LogP contribution in [0.25, 0.3) is 0 Å². The Balaban J connectivity index is 2.09. The minimum Gasteiger partial charge on any atom is -0.411 e. The zero-order valence-corrected chi connectivity index (χ0v) is 11.5. The Hall–Kier alpha value is -2.50. The van der Waals surface area contributed by atoms with Gasteiger partial charge in [0.1, 0.15) is 5.82 Å². The lowest BCUT2D eigenvalue weighted by Crippen LogP contribution is -2.24. The first kappa shape index (κ1) is 13.5. The average Bonchev–Trinajstić information content (AvgIpc) is 2.46. The number of hydrogen-bond donors (Lipinski definition) is 2. The Bertz CT molecular complexity index is 730. The van der Waals surface area contributed by atoms with Crippen LogP contribution in [-0.4, -0.2) is 20.9 Å². The Morgan fingerprint density at radius 1 is 1.29 bits per heavy atom. The first-order valence-corrected chi connectivity index (χ1v) is 6.69. The van der Waals surface area contributed by atoms with Gasteiger partial charge in [-0.1, -0.05) is 23.4 Å². The maximum atomic E-state index is 14.0. The Labute approximate surface area is 121 Å². The van der Waals surface area contributed by atoms with E-state index in [1.165, 1.54) is 6.07 Å². The van der Waals surface area contributed by atoms with E-state index in [0.717, 1.165) is 5.56 Å². The molecule has 0 spiro atoms. The van der Waals surface area contributed by atoms with Gasteiger partial charge in [0.25, 0.3) is 0 Å². The summed E-state index contributed by atoms with van der Waals surface area (Å²) in [6.07, 6.45) is 0.987. The Morgan fingerprint density at radius 3 is 2.76 bits per heavy atom. The molecule has 108 valence electrons. The van der Waals surface area contributed by atoms with Crippen molar-refractivity contribution in [3.8, 4) is 0 Å². The number of aromatic nitrogens is 2. The molecule has 0 amide bonds. The van der Waals surface area contributed by atoms with Crippen LogP contribution in [0.2, 0.25) is 0 Å². The van der Waals surface area contributed by atoms with Crippen LogP contribution in [0.1, 0.15) is 34.9 Å². The zero-order chi connectivity index (χ0) is 15.0. The number of benzene rings is 1. The van der Waals surface area contributed by atoms with Crippen molar-refractivity contribution in [3.63, 3.8) is 0 Å². The van der Waals surface area contributed by atoms with Crippen molar-refractivity contribution >= 4 is 11.7 Å². The van der Waals surface area contributed by atoms with Gasteiger partial charge in [0.2, 0.25) is 5.95 Å². The van der Waals surface area contributed by atoms with Crippen LogP contribution in [0.3, 0.4) is 0 Å². The van der Waals surface area contributed by atoms with E-state index in [9.17, 15) is 9.60 Å². The fourth-order valence-electron chi connectivity index (χ4n) is 2.94. The summed E-state index contributed by atoms with van der Waals surface area (Å²) in [5.74, 6) is -0.210. The quantitative estimate of drug-likeness (QED) is 0.623. The van der Waals surface area contributed by atoms with Gasteiger partial charge in [-0.15, -0.1) is 0 Å². The summed E-state index contributed by atoms with van der Waals surface area (Å²) in [6, 6.07) is 6.63. The van der Waals surface area contributed by atoms with E-state index in [0.29, 0.717) is 35.5 Å². The van der Waals surface area contributed by atoms with E-state index < -0.39 is 0 Å². The molecule has 1 atom stereocenters. The molecule has 1 aromatic carbocycles. The summed E-state index contributed by atoms with van der Waals surface area (Å²) in [4.78, 5) is 8.33. The predicted octanol–water partition coefficient (Wildman–Crippen LogP) is 2.41. The van der Waals surface area contributed by atoms with E-state index in [1.54, 1.807) is 25.1 Å². The summed E-state index contributed by atoms with van der Waals surface area (Å²) in [7, 11) is 0. The zero-order valence-electron chi connectivity index (χ0n) is 11.5. The van der Waals surface area contributed by atoms with Gasteiger partial charge in [0.05, 0.1) is 17.1 Å². The second-order valence-corrected chi connectivity index (χ2v) is 5.16. The number of nitrogen functional groups attached to an aromatic ring is 1. The van der Waals surface area contributed by atoms with Gasteiger partial charge in [-0.05, 0) is 30.9 Å². The highest BCUT2D eigenvalue weighted by molar-refractivity contribution is 6.03. The lowest BCUT2D eigenvalue weighted by atomic mass is 9.80. The summed E-state index contributed by atoms with van der Waals surface area (Å²) in [5.41, 5.74) is 8.86. The molecule has 3 rings (SSSR count). The fourth-order valence-corrected chi connectivity index (χ4v) is 2.94. The molecule has 2 aromatic rings. The van der Waals surface area contributed by atoms with Crippen LogP contribution in [0.5, 0.6) is 0 Å². The molecule has 1 unspecified atom stereocenters. The molecule has 0 radical (unpaired) electrons. The molecule has 1 aliphatic rings. The van der Waals surface area contributed by atoms with Gasteiger partial charge in [-0.3, -0.25) is 0 Å². The molecule has 3 N–H and O–H groups in total. The van der Waals surface area contributed by atoms with Crippen molar-refractivity contribution in [2.24, 2.45) is 5.16 Å². The maximum absolute atomic E-state index is 14.0. The molecule has 1 heterocycles. The first-order chi connectivity index (χ1) is 10.1. The van der Waals surface area contributed by atoms with Crippen molar-refractivity contribution in [3.05, 3.63) is 52.6 Å². The van der Waals surface area contributed by atoms with E-state index in [-0.39, 0.29) is 17.7 Å². The molecule has 1 aromatic heterocycles. The molecule has 0 aliphatic heterocycles. The molecule has 0 fully saturated rings. The normalized spacial score (nSPS) is 19.5. The Morgan fingerprint density at radius 2 is 2.05 bits per heavy atom. The second kappa shape index (κ2) is 5.12. The highest BCUT2D eigenvalue weighted by atomic mass is 19.1. The van der Waals surface area contributed by atoms with Crippen LogP contribution in [0, 0.1) is 12.7 Å². The number of hydrogen-bond acceptors (Lipinski definition) is 5. The average molecular weight is 286 g/mol. The van der Waals surface area contributed by atoms with E-state index in [1.807, 2.05) is 0 Å². The number of oxime groups is 1. The van der Waals surface area contributed by atoms with Gasteiger partial charge in [0, 0.05) is 12.0 Å². The van der Waals surface area contributed by atoms with E-state index >= 15 is 0 Å². The number of anilines is 1. The largest absolute Gasteiger partial charge is 0.411 e. The van der Waals surface area contributed by atoms with Crippen molar-refractivity contribution < 1.29 is 9.60 Å². The topological polar surface area (TPSA) is 84.4 Å². The van der Waals surface area contributed by atoms with Crippen molar-refractivity contribution in [1.29, 1.82) is 0 Å². The van der Waals surface area contributed by atoms with E-state index in [2.05, 4.69) is 15.1 Å². The van der Waals surface area contributed by atoms with Crippen molar-refractivity contribution in [2.45, 2.75) is 25.7 Å². The SMILES string of the molecule is Cc1nc(N)nc2c1/C(=N/O)CC(c1ccccc1F)C2. The molecule has 6 heteroatoms. The summed E-state index contributed by atoms with van der Waals surface area (Å²) in [5, 5.41) is 12.6. The second-order valence-electron chi connectivity index (χ2n) is 5.16. The predicted molar refractivity (Wildman–Crippen MR) is 77.0 cm³/mol. The smallest absolute Gasteiger partial charge is 0.220 e. The lowest BCUT2D eigenvalue weighted by Gasteiger charge is -2.26. The minimum atomic E-state index is -0.262. The summed E-state index contributed by atoms with van der Waals surface area (Å²) in [6.45, 7) is 1.80. The van der Waals surface area contributed by atoms with Gasteiger partial charge in [0.15, 0.2) is 0 Å². The third-order valence-corrected chi connectivity index (χ3v) is 3.82. The lowest BCUT2D eigenvalue weighted by molar-refractivity contribution is 0.316. The van der Waals surface area contributed by atoms with Gasteiger partial charge in [-0.25, -0.2) is 14.4 Å². The number of fused-ring (bicyclic) bond motifs is 1. The number of rotatable bonds is 1. The highest BCUT2D eigenvalue weighted by Gasteiger charge is 2.30. The van der Waals surface area contributed by atoms with Crippen LogP contribution in [0.15, 0.2) is 29.4 Å². The molecule has 0 saturated heterocycles. The van der Waals surface area contributed by atoms with E-state index in [4.69, 9.17) is 5.73 Å². The molecule has 0 saturated carbocycles. The van der Waals surface area contributed by atoms with Gasteiger partial charge in [-0.2, -0.15) is 0 Å². The van der Waals surface area contributed by atoms with Crippen LogP contribution in [0.4, 0.5) is 10.3 Å². The molecular weight excluding hydrogens is 271 g/mol. The fraction of sp³-hybridized carbons (Fsp3) is 0.267. The molecule has 21 heavy (non-hydrogen) atoms. The summed E-state index contributed by atoms with van der Waals surface area (Å²) < 4.78 is 14.0. The first-order valence-electron chi connectivity index (χ1n) is 6.69. The monoisotopic (exact) mass is 286 g/mol. The number of nitrogens with zero attached hydrogens (tertiary/aromatic N) is 3. The third kappa shape index (κ3) is 2.33. The molecule has 1 aliphatic carbocycles. The number of nitrogens with two attached hydrogens (primary N) is 1. The van der Waals surface area contributed by atoms with Gasteiger partial charge < -0.3 is 10.9 Å². The summed E-state index contributed by atoms with van der Waals surface area (Å²) >= 11 is 0. The number of halogens is 1. The molecule has 0 bridgehead atoms. The standard InChI is InChI=1S/C15H15FN4O/c1-8-14-12(19-15(17)18-8)6-9(7-13(14)20-21)10-4-2-3-5-11(10)16/h2-5,9,21H,6-7H2,1H3,(H2,17,18,19)/b20-13+. The van der Waals surface area contributed by atoms with Crippen molar-refractivity contribution in [1.82, 2.24) is 9.97 Å². The third-order valence-electron chi connectivity index (χ3n) is 3.82. The minimum absolute atomic E-state index is 0.127. The molecule has 5 nitrogen and oxygen atoms in total. The van der Waals surface area contributed by atoms with Crippen molar-refractivity contribution in [2.75, 3.05) is 5.73 Å². The van der Waals surface area contributed by atoms with Gasteiger partial charge >= 0.3 is 0 Å². The maximum Gasteiger partial charge on any atom is 0.220 e. The Kier molecular flexibility index (Phi) is 3.29. The van der Waals surface area contributed by atoms with Crippen LogP contribution < -0.4 is 5.73 Å².